The summed E-state index contributed by atoms with van der Waals surface area (Å²) in [5.41, 5.74) is -0.532. The minimum absolute atomic E-state index is 0.180. The Balaban J connectivity index is 2.29. The van der Waals surface area contributed by atoms with Gasteiger partial charge >= 0.3 is 5.97 Å². The zero-order valence-electron chi connectivity index (χ0n) is 13.0. The number of nitro groups is 1. The standard InChI is InChI=1S/C15H14N2O7S/c1-2-24-15(19)10-3-6-12(7-4-10)25(22,23)16-13-9-11(17(20)21)5-8-14(13)18/h3-9,16,18H,2H2,1H3. The maximum absolute atomic E-state index is 12.3. The first kappa shape index (κ1) is 18.2. The first-order valence-corrected chi connectivity index (χ1v) is 8.50. The van der Waals surface area contributed by atoms with Gasteiger partial charge in [0.2, 0.25) is 0 Å². The number of ether oxygens (including phenoxy) is 1. The van der Waals surface area contributed by atoms with Crippen LogP contribution in [0.4, 0.5) is 11.4 Å². The van der Waals surface area contributed by atoms with E-state index in [4.69, 9.17) is 4.74 Å². The number of nitrogens with one attached hydrogen (secondary N) is 1. The van der Waals surface area contributed by atoms with E-state index in [-0.39, 0.29) is 28.4 Å². The summed E-state index contributed by atoms with van der Waals surface area (Å²) in [7, 11) is -4.12. The Morgan fingerprint density at radius 2 is 1.88 bits per heavy atom. The number of hydrogen-bond acceptors (Lipinski definition) is 7. The molecule has 0 spiro atoms. The molecular weight excluding hydrogens is 352 g/mol. The van der Waals surface area contributed by atoms with Crippen molar-refractivity contribution in [2.45, 2.75) is 11.8 Å². The van der Waals surface area contributed by atoms with Crippen LogP contribution in [0.5, 0.6) is 5.75 Å². The van der Waals surface area contributed by atoms with Crippen LogP contribution in [0, 0.1) is 10.1 Å². The van der Waals surface area contributed by atoms with Gasteiger partial charge in [-0.2, -0.15) is 0 Å². The van der Waals surface area contributed by atoms with Crippen LogP contribution < -0.4 is 4.72 Å². The van der Waals surface area contributed by atoms with Crippen molar-refractivity contribution in [1.82, 2.24) is 0 Å². The van der Waals surface area contributed by atoms with Crippen LogP contribution in [0.15, 0.2) is 47.4 Å². The molecule has 0 saturated heterocycles. The highest BCUT2D eigenvalue weighted by Gasteiger charge is 2.19. The number of anilines is 1. The number of nitro benzene ring substituents is 1. The number of phenols is 1. The van der Waals surface area contributed by atoms with Crippen LogP contribution >= 0.6 is 0 Å². The van der Waals surface area contributed by atoms with Gasteiger partial charge in [-0.15, -0.1) is 0 Å². The fraction of sp³-hybridized carbons (Fsp3) is 0.133. The number of hydrogen-bond donors (Lipinski definition) is 2. The molecule has 132 valence electrons. The minimum atomic E-state index is -4.12. The Morgan fingerprint density at radius 1 is 1.24 bits per heavy atom. The summed E-state index contributed by atoms with van der Waals surface area (Å²) in [4.78, 5) is 21.4. The summed E-state index contributed by atoms with van der Waals surface area (Å²) < 4.78 is 31.5. The highest BCUT2D eigenvalue weighted by molar-refractivity contribution is 7.92. The Hall–Kier alpha value is -3.14. The van der Waals surface area contributed by atoms with E-state index in [0.717, 1.165) is 18.2 Å². The maximum Gasteiger partial charge on any atom is 0.338 e. The molecule has 0 bridgehead atoms. The molecule has 10 heteroatoms. The van der Waals surface area contributed by atoms with Crippen molar-refractivity contribution in [3.63, 3.8) is 0 Å². The fourth-order valence-electron chi connectivity index (χ4n) is 1.91. The predicted molar refractivity (Wildman–Crippen MR) is 88.0 cm³/mol. The Labute approximate surface area is 143 Å². The van der Waals surface area contributed by atoms with Crippen LogP contribution in [0.1, 0.15) is 17.3 Å². The zero-order chi connectivity index (χ0) is 18.6. The van der Waals surface area contributed by atoms with Crippen molar-refractivity contribution in [2.75, 3.05) is 11.3 Å². The number of sulfonamides is 1. The molecule has 0 radical (unpaired) electrons. The monoisotopic (exact) mass is 366 g/mol. The first-order valence-electron chi connectivity index (χ1n) is 7.02. The van der Waals surface area contributed by atoms with Gasteiger partial charge in [-0.25, -0.2) is 13.2 Å². The van der Waals surface area contributed by atoms with Crippen molar-refractivity contribution < 1.29 is 28.0 Å². The highest BCUT2D eigenvalue weighted by atomic mass is 32.2. The van der Waals surface area contributed by atoms with Crippen LogP contribution in [-0.2, 0) is 14.8 Å². The summed E-state index contributed by atoms with van der Waals surface area (Å²) in [6.07, 6.45) is 0. The Bertz CT molecular complexity index is 908. The van der Waals surface area contributed by atoms with E-state index >= 15 is 0 Å². The van der Waals surface area contributed by atoms with Gasteiger partial charge in [-0.05, 0) is 37.3 Å². The molecule has 2 aromatic carbocycles. The number of benzene rings is 2. The smallest absolute Gasteiger partial charge is 0.338 e. The molecule has 0 aromatic heterocycles. The lowest BCUT2D eigenvalue weighted by Crippen LogP contribution is -2.13. The number of non-ortho nitro benzene ring substituents is 1. The third-order valence-electron chi connectivity index (χ3n) is 3.11. The van der Waals surface area contributed by atoms with Crippen LogP contribution in [-0.4, -0.2) is 31.0 Å². The molecular formula is C15H14N2O7S. The van der Waals surface area contributed by atoms with E-state index in [1.165, 1.54) is 24.3 Å². The second-order valence-corrected chi connectivity index (χ2v) is 6.49. The summed E-state index contributed by atoms with van der Waals surface area (Å²) in [6, 6.07) is 7.88. The molecule has 0 atom stereocenters. The second-order valence-electron chi connectivity index (χ2n) is 4.81. The molecule has 25 heavy (non-hydrogen) atoms. The maximum atomic E-state index is 12.3. The third-order valence-corrected chi connectivity index (χ3v) is 4.49. The number of aromatic hydroxyl groups is 1. The molecule has 0 aliphatic heterocycles. The van der Waals surface area contributed by atoms with E-state index < -0.39 is 26.7 Å². The quantitative estimate of drug-likeness (QED) is 0.346. The van der Waals surface area contributed by atoms with E-state index in [1.807, 2.05) is 0 Å². The molecule has 0 unspecified atom stereocenters. The average molecular weight is 366 g/mol. The highest BCUT2D eigenvalue weighted by Crippen LogP contribution is 2.29. The predicted octanol–water partition coefficient (Wildman–Crippen LogP) is 2.28. The molecule has 0 aliphatic carbocycles. The van der Waals surface area contributed by atoms with Gasteiger partial charge in [0, 0.05) is 12.1 Å². The Morgan fingerprint density at radius 3 is 2.44 bits per heavy atom. The molecule has 0 saturated carbocycles. The van der Waals surface area contributed by atoms with Crippen molar-refractivity contribution in [1.29, 1.82) is 0 Å². The lowest BCUT2D eigenvalue weighted by atomic mass is 10.2. The van der Waals surface area contributed by atoms with Crippen LogP contribution in [0.25, 0.3) is 0 Å². The van der Waals surface area contributed by atoms with Gasteiger partial charge in [0.05, 0.1) is 27.7 Å². The van der Waals surface area contributed by atoms with Gasteiger partial charge in [-0.3, -0.25) is 14.8 Å². The fourth-order valence-corrected chi connectivity index (χ4v) is 2.97. The van der Waals surface area contributed by atoms with Gasteiger partial charge in [0.1, 0.15) is 5.75 Å². The SMILES string of the molecule is CCOC(=O)c1ccc(S(=O)(=O)Nc2cc([N+](=O)[O-])ccc2O)cc1. The van der Waals surface area contributed by atoms with Gasteiger partial charge in [-0.1, -0.05) is 0 Å². The number of phenolic OH excluding ortho intramolecular Hbond substituents is 1. The molecule has 0 aliphatic rings. The molecule has 2 N–H and O–H groups in total. The van der Waals surface area contributed by atoms with E-state index in [1.54, 1.807) is 6.92 Å². The zero-order valence-corrected chi connectivity index (χ0v) is 13.8. The summed E-state index contributed by atoms with van der Waals surface area (Å²) in [5.74, 6) is -1.05. The summed E-state index contributed by atoms with van der Waals surface area (Å²) in [6.45, 7) is 1.83. The molecule has 9 nitrogen and oxygen atoms in total. The van der Waals surface area contributed by atoms with Crippen molar-refractivity contribution in [2.24, 2.45) is 0 Å². The van der Waals surface area contributed by atoms with Crippen molar-refractivity contribution >= 4 is 27.4 Å². The van der Waals surface area contributed by atoms with Gasteiger partial charge in [0.15, 0.2) is 0 Å². The molecule has 2 rings (SSSR count). The number of rotatable bonds is 6. The second kappa shape index (κ2) is 7.18. The van der Waals surface area contributed by atoms with Crippen molar-refractivity contribution in [3.8, 4) is 5.75 Å². The lowest BCUT2D eigenvalue weighted by molar-refractivity contribution is -0.384. The van der Waals surface area contributed by atoms with E-state index in [0.29, 0.717) is 0 Å². The number of nitrogens with zero attached hydrogens (tertiary/aromatic N) is 1. The first-order chi connectivity index (χ1) is 11.7. The van der Waals surface area contributed by atoms with Crippen LogP contribution in [0.2, 0.25) is 0 Å². The number of carbonyl (C=O) groups is 1. The summed E-state index contributed by atoms with van der Waals surface area (Å²) in [5, 5.41) is 20.4. The topological polar surface area (TPSA) is 136 Å². The Kier molecular flexibility index (Phi) is 5.22. The average Bonchev–Trinajstić information content (AvgIpc) is 2.57. The number of carbonyl (C=O) groups excluding carboxylic acids is 1. The van der Waals surface area contributed by atoms with Gasteiger partial charge < -0.3 is 9.84 Å². The molecule has 2 aromatic rings. The largest absolute Gasteiger partial charge is 0.506 e. The third kappa shape index (κ3) is 4.23. The van der Waals surface area contributed by atoms with Crippen molar-refractivity contribution in [3.05, 3.63) is 58.1 Å². The summed E-state index contributed by atoms with van der Waals surface area (Å²) >= 11 is 0. The van der Waals surface area contributed by atoms with Crippen LogP contribution in [0.3, 0.4) is 0 Å². The minimum Gasteiger partial charge on any atom is -0.506 e. The lowest BCUT2D eigenvalue weighted by Gasteiger charge is -2.10. The molecule has 0 fully saturated rings. The normalized spacial score (nSPS) is 10.9. The van der Waals surface area contributed by atoms with E-state index in [9.17, 15) is 28.4 Å². The molecule has 0 amide bonds. The van der Waals surface area contributed by atoms with Gasteiger partial charge in [0.25, 0.3) is 15.7 Å². The number of esters is 1. The molecule has 0 heterocycles. The van der Waals surface area contributed by atoms with E-state index in [2.05, 4.69) is 4.72 Å².